The molecular formula is C15H19ClN2O. The third kappa shape index (κ3) is 2.10. The second kappa shape index (κ2) is 5.04. The van der Waals surface area contributed by atoms with Gasteiger partial charge in [0.05, 0.1) is 18.5 Å². The van der Waals surface area contributed by atoms with Gasteiger partial charge in [0.1, 0.15) is 17.1 Å². The van der Waals surface area contributed by atoms with Gasteiger partial charge in [-0.1, -0.05) is 19.4 Å². The van der Waals surface area contributed by atoms with Crippen molar-refractivity contribution in [2.24, 2.45) is 5.92 Å². The van der Waals surface area contributed by atoms with Crippen molar-refractivity contribution in [3.63, 3.8) is 0 Å². The molecule has 0 N–H and O–H groups in total. The Balaban J connectivity index is 2.07. The summed E-state index contributed by atoms with van der Waals surface area (Å²) in [5, 5.41) is 0. The Morgan fingerprint density at radius 3 is 3.00 bits per heavy atom. The zero-order chi connectivity index (χ0) is 13.4. The lowest BCUT2D eigenvalue weighted by Gasteiger charge is -2.07. The number of fused-ring (bicyclic) bond motifs is 1. The monoisotopic (exact) mass is 278 g/mol. The number of rotatable bonds is 5. The Morgan fingerprint density at radius 2 is 2.32 bits per heavy atom. The number of hydrogen-bond donors (Lipinski definition) is 0. The zero-order valence-corrected chi connectivity index (χ0v) is 12.2. The molecule has 0 spiro atoms. The lowest BCUT2D eigenvalue weighted by molar-refractivity contribution is 0.419. The van der Waals surface area contributed by atoms with E-state index in [0.29, 0.717) is 11.9 Å². The van der Waals surface area contributed by atoms with E-state index >= 15 is 0 Å². The number of methoxy groups -OCH3 is 1. The maximum absolute atomic E-state index is 6.07. The Bertz CT molecular complexity index is 593. The van der Waals surface area contributed by atoms with Gasteiger partial charge in [0, 0.05) is 6.04 Å². The predicted octanol–water partition coefficient (Wildman–Crippen LogP) is 4.14. The fraction of sp³-hybridized carbons (Fsp3) is 0.533. The molecule has 102 valence electrons. The topological polar surface area (TPSA) is 27.1 Å². The second-order valence-electron chi connectivity index (χ2n) is 5.21. The van der Waals surface area contributed by atoms with Gasteiger partial charge >= 0.3 is 0 Å². The molecule has 0 aliphatic heterocycles. The van der Waals surface area contributed by atoms with Gasteiger partial charge in [-0.2, -0.15) is 0 Å². The van der Waals surface area contributed by atoms with E-state index in [0.717, 1.165) is 28.5 Å². The number of para-hydroxylation sites is 1. The third-order valence-electron chi connectivity index (χ3n) is 3.97. The summed E-state index contributed by atoms with van der Waals surface area (Å²) in [6.07, 6.45) is 3.78. The quantitative estimate of drug-likeness (QED) is 0.769. The molecule has 3 nitrogen and oxygen atoms in total. The lowest BCUT2D eigenvalue weighted by atomic mass is 10.2. The van der Waals surface area contributed by atoms with Crippen molar-refractivity contribution in [3.05, 3.63) is 24.0 Å². The Morgan fingerprint density at radius 1 is 1.47 bits per heavy atom. The number of benzene rings is 1. The van der Waals surface area contributed by atoms with Crippen LogP contribution in [0.25, 0.3) is 11.0 Å². The minimum absolute atomic E-state index is 0.452. The Labute approximate surface area is 118 Å². The van der Waals surface area contributed by atoms with Gasteiger partial charge in [-0.05, 0) is 30.9 Å². The van der Waals surface area contributed by atoms with E-state index in [9.17, 15) is 0 Å². The van der Waals surface area contributed by atoms with Gasteiger partial charge in [0.15, 0.2) is 0 Å². The highest BCUT2D eigenvalue weighted by Crippen LogP contribution is 2.49. The number of alkyl halides is 1. The van der Waals surface area contributed by atoms with Crippen LogP contribution in [0.15, 0.2) is 18.2 Å². The number of ether oxygens (including phenoxy) is 1. The molecule has 0 radical (unpaired) electrons. The van der Waals surface area contributed by atoms with E-state index in [1.54, 1.807) is 7.11 Å². The molecule has 2 atom stereocenters. The van der Waals surface area contributed by atoms with Crippen molar-refractivity contribution in [2.45, 2.75) is 38.1 Å². The van der Waals surface area contributed by atoms with Crippen LogP contribution in [0, 0.1) is 5.92 Å². The molecule has 1 aliphatic carbocycles. The van der Waals surface area contributed by atoms with E-state index in [1.165, 1.54) is 19.3 Å². The molecule has 2 aromatic rings. The van der Waals surface area contributed by atoms with Crippen molar-refractivity contribution in [1.29, 1.82) is 0 Å². The first-order valence-electron chi connectivity index (χ1n) is 6.90. The van der Waals surface area contributed by atoms with E-state index in [-0.39, 0.29) is 0 Å². The third-order valence-corrected chi connectivity index (χ3v) is 4.21. The molecule has 3 rings (SSSR count). The number of nitrogens with zero attached hydrogens (tertiary/aromatic N) is 2. The average Bonchev–Trinajstić information content (AvgIpc) is 3.08. The maximum Gasteiger partial charge on any atom is 0.146 e. The van der Waals surface area contributed by atoms with Crippen LogP contribution in [0.1, 0.15) is 38.1 Å². The second-order valence-corrected chi connectivity index (χ2v) is 5.48. The molecule has 1 aliphatic rings. The largest absolute Gasteiger partial charge is 0.494 e. The summed E-state index contributed by atoms with van der Waals surface area (Å²) in [5.41, 5.74) is 2.08. The number of imidazole rings is 1. The molecule has 4 heteroatoms. The van der Waals surface area contributed by atoms with Crippen LogP contribution in [-0.4, -0.2) is 16.7 Å². The first-order chi connectivity index (χ1) is 9.30. The van der Waals surface area contributed by atoms with Crippen molar-refractivity contribution >= 4 is 22.6 Å². The van der Waals surface area contributed by atoms with Crippen LogP contribution < -0.4 is 4.74 Å². The number of halogens is 1. The van der Waals surface area contributed by atoms with Crippen LogP contribution in [-0.2, 0) is 5.88 Å². The van der Waals surface area contributed by atoms with Crippen molar-refractivity contribution in [1.82, 2.24) is 9.55 Å². The summed E-state index contributed by atoms with van der Waals surface area (Å²) in [7, 11) is 1.69. The van der Waals surface area contributed by atoms with Crippen molar-refractivity contribution in [2.75, 3.05) is 7.11 Å². The van der Waals surface area contributed by atoms with Crippen LogP contribution in [0.5, 0.6) is 5.75 Å². The first-order valence-corrected chi connectivity index (χ1v) is 7.43. The molecule has 2 unspecified atom stereocenters. The summed E-state index contributed by atoms with van der Waals surface area (Å²) in [4.78, 5) is 4.66. The minimum Gasteiger partial charge on any atom is -0.494 e. The van der Waals surface area contributed by atoms with Crippen molar-refractivity contribution < 1.29 is 4.74 Å². The van der Waals surface area contributed by atoms with E-state index in [4.69, 9.17) is 16.3 Å². The number of hydrogen-bond acceptors (Lipinski definition) is 2. The van der Waals surface area contributed by atoms with Gasteiger partial charge in [-0.15, -0.1) is 11.6 Å². The standard InChI is InChI=1S/C15H19ClN2O/c1-3-5-10-8-12(10)18-11-6-4-7-13(19-2)15(11)17-14(18)9-16/h4,6-7,10,12H,3,5,8-9H2,1-2H3. The average molecular weight is 279 g/mol. The molecule has 1 fully saturated rings. The highest BCUT2D eigenvalue weighted by Gasteiger charge is 2.39. The molecule has 1 saturated carbocycles. The highest BCUT2D eigenvalue weighted by molar-refractivity contribution is 6.16. The van der Waals surface area contributed by atoms with Gasteiger partial charge < -0.3 is 9.30 Å². The van der Waals surface area contributed by atoms with Crippen LogP contribution in [0.2, 0.25) is 0 Å². The fourth-order valence-electron chi connectivity index (χ4n) is 3.00. The fourth-order valence-corrected chi connectivity index (χ4v) is 3.19. The van der Waals surface area contributed by atoms with Gasteiger partial charge in [0.25, 0.3) is 0 Å². The normalized spacial score (nSPS) is 21.8. The van der Waals surface area contributed by atoms with Crippen LogP contribution in [0.4, 0.5) is 0 Å². The zero-order valence-electron chi connectivity index (χ0n) is 11.4. The molecule has 1 aromatic heterocycles. The molecule has 1 heterocycles. The molecule has 19 heavy (non-hydrogen) atoms. The summed E-state index contributed by atoms with van der Waals surface area (Å²) in [6, 6.07) is 6.66. The first kappa shape index (κ1) is 12.8. The van der Waals surface area contributed by atoms with E-state index in [2.05, 4.69) is 22.5 Å². The summed E-state index contributed by atoms with van der Waals surface area (Å²) >= 11 is 6.07. The van der Waals surface area contributed by atoms with Gasteiger partial charge in [-0.25, -0.2) is 4.98 Å². The van der Waals surface area contributed by atoms with E-state index < -0.39 is 0 Å². The van der Waals surface area contributed by atoms with Gasteiger partial charge in [0.2, 0.25) is 0 Å². The Kier molecular flexibility index (Phi) is 3.40. The highest BCUT2D eigenvalue weighted by atomic mass is 35.5. The summed E-state index contributed by atoms with van der Waals surface area (Å²) < 4.78 is 7.72. The summed E-state index contributed by atoms with van der Waals surface area (Å²) in [6.45, 7) is 2.24. The predicted molar refractivity (Wildman–Crippen MR) is 77.9 cm³/mol. The van der Waals surface area contributed by atoms with Gasteiger partial charge in [-0.3, -0.25) is 0 Å². The lowest BCUT2D eigenvalue weighted by Crippen LogP contribution is -2.01. The maximum atomic E-state index is 6.07. The van der Waals surface area contributed by atoms with Crippen LogP contribution >= 0.6 is 11.6 Å². The molecular weight excluding hydrogens is 260 g/mol. The van der Waals surface area contributed by atoms with Crippen molar-refractivity contribution in [3.8, 4) is 5.75 Å². The molecule has 0 saturated heterocycles. The summed E-state index contributed by atoms with van der Waals surface area (Å²) in [5.74, 6) is 3.03. The minimum atomic E-state index is 0.452. The van der Waals surface area contributed by atoms with E-state index in [1.807, 2.05) is 12.1 Å². The molecule has 0 amide bonds. The van der Waals surface area contributed by atoms with Crippen LogP contribution in [0.3, 0.4) is 0 Å². The molecule has 0 bridgehead atoms. The number of aromatic nitrogens is 2. The molecule has 1 aromatic carbocycles. The SMILES string of the molecule is CCCC1CC1n1c(CCl)nc2c(OC)cccc21. The Hall–Kier alpha value is -1.22. The smallest absolute Gasteiger partial charge is 0.146 e.